The van der Waals surface area contributed by atoms with Crippen molar-refractivity contribution in [3.05, 3.63) is 35.1 Å². The summed E-state index contributed by atoms with van der Waals surface area (Å²) in [5.41, 5.74) is 6.97. The highest BCUT2D eigenvalue weighted by atomic mass is 79.9. The quantitative estimate of drug-likeness (QED) is 0.220. The standard InChI is InChI=1S/C24H32BrN6O6P/c1-14(2)9-19(23(32)35-4)30-38(33,37-18-7-5-16(25)6-8-18)36-12-15-10-17(11-15)31-13-27-20-21(31)28-24(26)29-22(20)34-3/h5-8,13-15,17,19H,9-12H2,1-4H3,(H,30,33)(H2,26,28,29)/t15?,17?,19-,38?/m0/s1. The van der Waals surface area contributed by atoms with E-state index in [2.05, 4.69) is 36.0 Å². The lowest BCUT2D eigenvalue weighted by Crippen LogP contribution is -2.39. The van der Waals surface area contributed by atoms with Crippen LogP contribution in [0.5, 0.6) is 11.6 Å². The van der Waals surface area contributed by atoms with Crippen LogP contribution in [0, 0.1) is 11.8 Å². The molecule has 0 radical (unpaired) electrons. The first-order valence-corrected chi connectivity index (χ1v) is 14.5. The van der Waals surface area contributed by atoms with Crippen LogP contribution in [0.1, 0.15) is 39.2 Å². The van der Waals surface area contributed by atoms with Gasteiger partial charge in [-0.15, -0.1) is 0 Å². The molecule has 14 heteroatoms. The minimum atomic E-state index is -3.94. The number of nitrogens with one attached hydrogen (secondary N) is 1. The van der Waals surface area contributed by atoms with Crippen LogP contribution in [0.15, 0.2) is 35.1 Å². The van der Waals surface area contributed by atoms with Gasteiger partial charge in [-0.05, 0) is 55.4 Å². The fourth-order valence-electron chi connectivity index (χ4n) is 4.31. The molecule has 4 rings (SSSR count). The number of imidazole rings is 1. The fraction of sp³-hybridized carbons (Fsp3) is 0.500. The number of methoxy groups -OCH3 is 2. The molecule has 0 bridgehead atoms. The van der Waals surface area contributed by atoms with Crippen molar-refractivity contribution in [3.8, 4) is 11.6 Å². The van der Waals surface area contributed by atoms with Crippen molar-refractivity contribution in [2.45, 2.75) is 45.2 Å². The van der Waals surface area contributed by atoms with Gasteiger partial charge in [-0.3, -0.25) is 9.32 Å². The second-order valence-corrected chi connectivity index (χ2v) is 12.2. The van der Waals surface area contributed by atoms with Gasteiger partial charge < -0.3 is 24.3 Å². The Kier molecular flexibility index (Phi) is 8.92. The van der Waals surface area contributed by atoms with Gasteiger partial charge in [-0.25, -0.2) is 9.55 Å². The van der Waals surface area contributed by atoms with Crippen molar-refractivity contribution < 1.29 is 27.9 Å². The Labute approximate surface area is 229 Å². The summed E-state index contributed by atoms with van der Waals surface area (Å²) in [5.74, 6) is 0.484. The predicted octanol–water partition coefficient (Wildman–Crippen LogP) is 4.51. The molecule has 206 valence electrons. The average molecular weight is 611 g/mol. The van der Waals surface area contributed by atoms with E-state index in [1.807, 2.05) is 18.4 Å². The number of nitrogen functional groups attached to an aromatic ring is 1. The molecule has 2 aromatic heterocycles. The maximum absolute atomic E-state index is 13.9. The highest BCUT2D eigenvalue weighted by Gasteiger charge is 2.38. The molecule has 3 N–H and O–H groups in total. The van der Waals surface area contributed by atoms with Gasteiger partial charge in [0.1, 0.15) is 11.8 Å². The minimum absolute atomic E-state index is 0.101. The van der Waals surface area contributed by atoms with Crippen molar-refractivity contribution in [1.29, 1.82) is 0 Å². The van der Waals surface area contributed by atoms with Crippen LogP contribution in [0.4, 0.5) is 5.95 Å². The van der Waals surface area contributed by atoms with Crippen molar-refractivity contribution in [2.24, 2.45) is 11.8 Å². The van der Waals surface area contributed by atoms with E-state index in [4.69, 9.17) is 24.3 Å². The van der Waals surface area contributed by atoms with Crippen molar-refractivity contribution >= 4 is 46.8 Å². The van der Waals surface area contributed by atoms with E-state index in [0.717, 1.165) is 17.3 Å². The first-order valence-electron chi connectivity index (χ1n) is 12.2. The zero-order valence-electron chi connectivity index (χ0n) is 21.7. The summed E-state index contributed by atoms with van der Waals surface area (Å²) >= 11 is 3.38. The number of hydrogen-bond acceptors (Lipinski definition) is 10. The number of carbonyl (C=O) groups excluding carboxylic acids is 1. The van der Waals surface area contributed by atoms with Crippen LogP contribution < -0.4 is 20.1 Å². The third-order valence-electron chi connectivity index (χ3n) is 6.23. The minimum Gasteiger partial charge on any atom is -0.479 e. The molecule has 1 fully saturated rings. The number of carbonyl (C=O) groups is 1. The molecule has 0 saturated heterocycles. The fourth-order valence-corrected chi connectivity index (χ4v) is 6.16. The van der Waals surface area contributed by atoms with Gasteiger partial charge in [0, 0.05) is 10.5 Å². The summed E-state index contributed by atoms with van der Waals surface area (Å²) < 4.78 is 38.6. The number of nitrogens with zero attached hydrogens (tertiary/aromatic N) is 4. The van der Waals surface area contributed by atoms with Crippen LogP contribution >= 0.6 is 23.7 Å². The van der Waals surface area contributed by atoms with E-state index in [-0.39, 0.29) is 30.4 Å². The number of ether oxygens (including phenoxy) is 2. The van der Waals surface area contributed by atoms with E-state index in [9.17, 15) is 9.36 Å². The summed E-state index contributed by atoms with van der Waals surface area (Å²) in [6.07, 6.45) is 3.57. The summed E-state index contributed by atoms with van der Waals surface area (Å²) in [6.45, 7) is 4.09. The summed E-state index contributed by atoms with van der Waals surface area (Å²) in [7, 11) is -1.15. The normalized spacial score (nSPS) is 19.5. The van der Waals surface area contributed by atoms with Crippen LogP contribution in [-0.2, 0) is 18.6 Å². The Morgan fingerprint density at radius 1 is 1.24 bits per heavy atom. The Morgan fingerprint density at radius 2 is 1.95 bits per heavy atom. The van der Waals surface area contributed by atoms with Gasteiger partial charge in [0.05, 0.1) is 27.2 Å². The molecule has 1 unspecified atom stereocenters. The van der Waals surface area contributed by atoms with Crippen LogP contribution in [-0.4, -0.2) is 52.4 Å². The van der Waals surface area contributed by atoms with E-state index >= 15 is 0 Å². The van der Waals surface area contributed by atoms with Gasteiger partial charge in [0.15, 0.2) is 11.2 Å². The number of anilines is 1. The molecule has 2 heterocycles. The highest BCUT2D eigenvalue weighted by molar-refractivity contribution is 9.10. The number of fused-ring (bicyclic) bond motifs is 1. The molecule has 0 spiro atoms. The zero-order valence-corrected chi connectivity index (χ0v) is 24.1. The van der Waals surface area contributed by atoms with Gasteiger partial charge in [-0.2, -0.15) is 15.1 Å². The van der Waals surface area contributed by atoms with Crippen LogP contribution in [0.25, 0.3) is 11.2 Å². The Morgan fingerprint density at radius 3 is 2.58 bits per heavy atom. The largest absolute Gasteiger partial charge is 0.479 e. The van der Waals surface area contributed by atoms with E-state index < -0.39 is 19.8 Å². The topological polar surface area (TPSA) is 153 Å². The predicted molar refractivity (Wildman–Crippen MR) is 145 cm³/mol. The van der Waals surface area contributed by atoms with Crippen LogP contribution in [0.3, 0.4) is 0 Å². The van der Waals surface area contributed by atoms with Gasteiger partial charge in [0.25, 0.3) is 0 Å². The molecule has 0 aliphatic heterocycles. The summed E-state index contributed by atoms with van der Waals surface area (Å²) in [5, 5.41) is 2.83. The van der Waals surface area contributed by atoms with Crippen molar-refractivity contribution in [2.75, 3.05) is 26.6 Å². The van der Waals surface area contributed by atoms with Gasteiger partial charge >= 0.3 is 13.7 Å². The summed E-state index contributed by atoms with van der Waals surface area (Å²) in [4.78, 5) is 25.2. The average Bonchev–Trinajstić information content (AvgIpc) is 3.26. The lowest BCUT2D eigenvalue weighted by Gasteiger charge is -2.36. The number of benzene rings is 1. The third kappa shape index (κ3) is 6.63. The maximum Gasteiger partial charge on any atom is 0.459 e. The molecule has 12 nitrogen and oxygen atoms in total. The number of esters is 1. The number of halogens is 1. The third-order valence-corrected chi connectivity index (χ3v) is 8.33. The number of nitrogens with two attached hydrogens (primary N) is 1. The molecule has 1 aliphatic rings. The highest BCUT2D eigenvalue weighted by Crippen LogP contribution is 2.48. The lowest BCUT2D eigenvalue weighted by atomic mass is 9.81. The molecule has 1 aromatic carbocycles. The molecule has 38 heavy (non-hydrogen) atoms. The Bertz CT molecular complexity index is 1310. The molecule has 3 aromatic rings. The second kappa shape index (κ2) is 12.0. The molecule has 1 saturated carbocycles. The second-order valence-electron chi connectivity index (χ2n) is 9.58. The first kappa shape index (κ1) is 28.3. The number of hydrogen-bond donors (Lipinski definition) is 2. The SMILES string of the molecule is COC(=O)[C@H](CC(C)C)NP(=O)(OCC1CC(n2cnc3c(OC)nc(N)nc32)C1)Oc1ccc(Br)cc1. The smallest absolute Gasteiger partial charge is 0.459 e. The maximum atomic E-state index is 13.9. The monoisotopic (exact) mass is 610 g/mol. The Balaban J connectivity index is 1.45. The molecule has 0 amide bonds. The van der Waals surface area contributed by atoms with E-state index in [1.165, 1.54) is 14.2 Å². The van der Waals surface area contributed by atoms with Gasteiger partial charge in [0.2, 0.25) is 11.8 Å². The molecular weight excluding hydrogens is 579 g/mol. The van der Waals surface area contributed by atoms with E-state index in [1.54, 1.807) is 30.6 Å². The van der Waals surface area contributed by atoms with Crippen molar-refractivity contribution in [3.63, 3.8) is 0 Å². The van der Waals surface area contributed by atoms with E-state index in [0.29, 0.717) is 29.2 Å². The molecular formula is C24H32BrN6O6P. The number of aromatic nitrogens is 4. The van der Waals surface area contributed by atoms with Crippen LogP contribution in [0.2, 0.25) is 0 Å². The van der Waals surface area contributed by atoms with Crippen molar-refractivity contribution in [1.82, 2.24) is 24.6 Å². The zero-order chi connectivity index (χ0) is 27.4. The molecule has 1 aliphatic carbocycles. The number of rotatable bonds is 12. The summed E-state index contributed by atoms with van der Waals surface area (Å²) in [6, 6.07) is 6.13. The lowest BCUT2D eigenvalue weighted by molar-refractivity contribution is -0.143. The first-order chi connectivity index (χ1) is 18.1. The van der Waals surface area contributed by atoms with Gasteiger partial charge in [-0.1, -0.05) is 29.8 Å². The Hall–Kier alpha value is -2.73. The molecule has 2 atom stereocenters.